The lowest BCUT2D eigenvalue weighted by molar-refractivity contribution is -0.272. The van der Waals surface area contributed by atoms with E-state index in [0.29, 0.717) is 18.9 Å². The Labute approximate surface area is 169 Å². The van der Waals surface area contributed by atoms with Crippen molar-refractivity contribution in [3.8, 4) is 0 Å². The maximum atomic E-state index is 13.5. The molecule has 3 heterocycles. The zero-order valence-electron chi connectivity index (χ0n) is 15.8. The third kappa shape index (κ3) is 4.87. The van der Waals surface area contributed by atoms with Crippen LogP contribution in [0.3, 0.4) is 0 Å². The van der Waals surface area contributed by atoms with Gasteiger partial charge < -0.3 is 24.6 Å². The molecule has 2 aromatic rings. The first-order valence-corrected chi connectivity index (χ1v) is 9.89. The number of aromatic nitrogens is 3. The molecule has 1 unspecified atom stereocenters. The lowest BCUT2D eigenvalue weighted by Crippen LogP contribution is -2.46. The van der Waals surface area contributed by atoms with E-state index < -0.39 is 29.9 Å². The van der Waals surface area contributed by atoms with Crippen molar-refractivity contribution in [2.45, 2.75) is 24.6 Å². The minimum absolute atomic E-state index is 0.0479. The number of hydrogen-bond acceptors (Lipinski definition) is 7. The number of amides is 1. The van der Waals surface area contributed by atoms with Gasteiger partial charge in [0.15, 0.2) is 5.13 Å². The predicted octanol–water partition coefficient (Wildman–Crippen LogP) is 1.21. The van der Waals surface area contributed by atoms with E-state index in [4.69, 9.17) is 4.74 Å². The fourth-order valence-corrected chi connectivity index (χ4v) is 3.91. The first-order valence-electron chi connectivity index (χ1n) is 9.01. The number of alkyl halides is 3. The summed E-state index contributed by atoms with van der Waals surface area (Å²) in [6, 6.07) is 0. The van der Waals surface area contributed by atoms with E-state index in [1.807, 2.05) is 0 Å². The van der Waals surface area contributed by atoms with E-state index in [1.165, 1.54) is 30.8 Å². The van der Waals surface area contributed by atoms with Gasteiger partial charge in [-0.1, -0.05) is 0 Å². The minimum Gasteiger partial charge on any atom is -0.378 e. The van der Waals surface area contributed by atoms with Crippen LogP contribution in [0.1, 0.15) is 17.9 Å². The summed E-state index contributed by atoms with van der Waals surface area (Å²) < 4.78 is 46.8. The molecule has 8 nitrogen and oxygen atoms in total. The van der Waals surface area contributed by atoms with E-state index in [2.05, 4.69) is 20.2 Å². The summed E-state index contributed by atoms with van der Waals surface area (Å²) in [7, 11) is 1.37. The van der Waals surface area contributed by atoms with Crippen molar-refractivity contribution in [1.82, 2.24) is 19.9 Å². The fourth-order valence-electron chi connectivity index (χ4n) is 3.03. The van der Waals surface area contributed by atoms with E-state index in [-0.39, 0.29) is 13.0 Å². The normalized spacial score (nSPS) is 17.2. The number of hydrogen-bond donors (Lipinski definition) is 2. The number of halogens is 3. The topological polar surface area (TPSA) is 92.5 Å². The van der Waals surface area contributed by atoms with E-state index in [9.17, 15) is 23.1 Å². The van der Waals surface area contributed by atoms with Gasteiger partial charge in [-0.05, 0) is 0 Å². The Morgan fingerprint density at radius 3 is 2.72 bits per heavy atom. The summed E-state index contributed by atoms with van der Waals surface area (Å²) in [5, 5.41) is 15.2. The van der Waals surface area contributed by atoms with Crippen LogP contribution in [0.25, 0.3) is 0 Å². The van der Waals surface area contributed by atoms with Gasteiger partial charge in [0.05, 0.1) is 25.3 Å². The number of nitrogens with zero attached hydrogens (tertiary/aromatic N) is 4. The van der Waals surface area contributed by atoms with Crippen LogP contribution in [0.4, 0.5) is 18.3 Å². The van der Waals surface area contributed by atoms with Crippen molar-refractivity contribution in [2.75, 3.05) is 37.7 Å². The molecule has 29 heavy (non-hydrogen) atoms. The van der Waals surface area contributed by atoms with E-state index >= 15 is 0 Å². The van der Waals surface area contributed by atoms with Crippen molar-refractivity contribution in [3.05, 3.63) is 29.3 Å². The van der Waals surface area contributed by atoms with Crippen LogP contribution in [0.2, 0.25) is 0 Å². The van der Waals surface area contributed by atoms with Gasteiger partial charge in [0, 0.05) is 50.9 Å². The molecule has 2 aromatic heterocycles. The molecule has 1 saturated heterocycles. The van der Waals surface area contributed by atoms with Gasteiger partial charge in [-0.25, -0.2) is 9.97 Å². The molecule has 0 spiro atoms. The molecule has 1 aliphatic rings. The average molecular weight is 433 g/mol. The van der Waals surface area contributed by atoms with E-state index in [0.717, 1.165) is 22.8 Å². The van der Waals surface area contributed by atoms with Crippen LogP contribution in [-0.2, 0) is 28.6 Å². The van der Waals surface area contributed by atoms with Gasteiger partial charge >= 0.3 is 6.18 Å². The SMILES string of the molecule is Cn1ccnc1C(O)(CCNC(=O)Cc1csc(N2CCOCC2)n1)C(F)(F)F. The lowest BCUT2D eigenvalue weighted by Gasteiger charge is -2.29. The van der Waals surface area contributed by atoms with Crippen molar-refractivity contribution in [1.29, 1.82) is 0 Å². The van der Waals surface area contributed by atoms with Gasteiger partial charge in [0.25, 0.3) is 0 Å². The molecule has 3 rings (SSSR count). The first-order chi connectivity index (χ1) is 13.7. The number of thiazole rings is 1. The maximum Gasteiger partial charge on any atom is 0.424 e. The number of morpholine rings is 1. The highest BCUT2D eigenvalue weighted by molar-refractivity contribution is 7.13. The summed E-state index contributed by atoms with van der Waals surface area (Å²) in [4.78, 5) is 22.2. The highest BCUT2D eigenvalue weighted by Gasteiger charge is 2.57. The fraction of sp³-hybridized carbons (Fsp3) is 0.588. The zero-order valence-corrected chi connectivity index (χ0v) is 16.6. The largest absolute Gasteiger partial charge is 0.424 e. The highest BCUT2D eigenvalue weighted by atomic mass is 32.1. The predicted molar refractivity (Wildman–Crippen MR) is 99.6 cm³/mol. The summed E-state index contributed by atoms with van der Waals surface area (Å²) >= 11 is 1.41. The summed E-state index contributed by atoms with van der Waals surface area (Å²) in [5.41, 5.74) is -2.60. The second kappa shape index (κ2) is 8.67. The van der Waals surface area contributed by atoms with Crippen LogP contribution in [0, 0.1) is 0 Å². The first kappa shape index (κ1) is 21.5. The maximum absolute atomic E-state index is 13.5. The monoisotopic (exact) mass is 433 g/mol. The van der Waals surface area contributed by atoms with Crippen LogP contribution in [0.5, 0.6) is 0 Å². The number of carbonyl (C=O) groups is 1. The zero-order chi connectivity index (χ0) is 21.1. The third-order valence-corrected chi connectivity index (χ3v) is 5.58. The Morgan fingerprint density at radius 2 is 2.10 bits per heavy atom. The number of nitrogens with one attached hydrogen (secondary N) is 1. The molecule has 2 N–H and O–H groups in total. The molecular weight excluding hydrogens is 411 g/mol. The molecule has 160 valence electrons. The van der Waals surface area contributed by atoms with Crippen LogP contribution >= 0.6 is 11.3 Å². The second-order valence-corrected chi connectivity index (χ2v) is 7.55. The summed E-state index contributed by atoms with van der Waals surface area (Å²) in [6.45, 7) is 2.33. The van der Waals surface area contributed by atoms with Gasteiger partial charge in [0.1, 0.15) is 5.82 Å². The number of anilines is 1. The molecule has 1 aliphatic heterocycles. The standard InChI is InChI=1S/C17H22F3N5O3S/c1-24-5-4-22-14(24)16(27,17(18,19)20)2-3-21-13(26)10-12-11-29-15(23-12)25-6-8-28-9-7-25/h4-5,11,27H,2-3,6-10H2,1H3,(H,21,26). The molecule has 0 radical (unpaired) electrons. The van der Waals surface area contributed by atoms with Gasteiger partial charge in [0.2, 0.25) is 11.5 Å². The molecule has 1 atom stereocenters. The van der Waals surface area contributed by atoms with E-state index in [1.54, 1.807) is 5.38 Å². The molecular formula is C17H22F3N5O3S. The van der Waals surface area contributed by atoms with Crippen molar-refractivity contribution in [2.24, 2.45) is 7.05 Å². The van der Waals surface area contributed by atoms with Crippen molar-refractivity contribution >= 4 is 22.4 Å². The molecule has 0 aromatic carbocycles. The molecule has 0 saturated carbocycles. The minimum atomic E-state index is -4.93. The molecule has 1 amide bonds. The Balaban J connectivity index is 1.55. The summed E-state index contributed by atoms with van der Waals surface area (Å²) in [6.07, 6.45) is -3.23. The van der Waals surface area contributed by atoms with Crippen LogP contribution in [-0.4, -0.2) is 64.6 Å². The Kier molecular flexibility index (Phi) is 6.44. The van der Waals surface area contributed by atoms with Crippen LogP contribution < -0.4 is 10.2 Å². The molecule has 0 aliphatic carbocycles. The molecule has 1 fully saturated rings. The Bertz CT molecular complexity index is 834. The number of rotatable bonds is 7. The number of aryl methyl sites for hydroxylation is 1. The van der Waals surface area contributed by atoms with Gasteiger partial charge in [-0.3, -0.25) is 4.79 Å². The number of imidazole rings is 1. The van der Waals surface area contributed by atoms with Gasteiger partial charge in [-0.2, -0.15) is 13.2 Å². The Morgan fingerprint density at radius 1 is 1.38 bits per heavy atom. The number of aliphatic hydroxyl groups is 1. The quantitative estimate of drug-likeness (QED) is 0.682. The average Bonchev–Trinajstić information content (AvgIpc) is 3.30. The summed E-state index contributed by atoms with van der Waals surface area (Å²) in [5.74, 6) is -0.984. The molecule has 12 heteroatoms. The number of ether oxygens (including phenoxy) is 1. The third-order valence-electron chi connectivity index (χ3n) is 4.63. The lowest BCUT2D eigenvalue weighted by atomic mass is 9.97. The van der Waals surface area contributed by atoms with Crippen molar-refractivity contribution in [3.63, 3.8) is 0 Å². The second-order valence-electron chi connectivity index (χ2n) is 6.72. The molecule has 0 bridgehead atoms. The van der Waals surface area contributed by atoms with Gasteiger partial charge in [-0.15, -0.1) is 11.3 Å². The Hall–Kier alpha value is -2.18. The smallest absolute Gasteiger partial charge is 0.378 e. The highest BCUT2D eigenvalue weighted by Crippen LogP contribution is 2.40. The van der Waals surface area contributed by atoms with Crippen LogP contribution in [0.15, 0.2) is 17.8 Å². The van der Waals surface area contributed by atoms with Crippen molar-refractivity contribution < 1.29 is 27.8 Å². The number of carbonyl (C=O) groups excluding carboxylic acids is 1.